The van der Waals surface area contributed by atoms with Crippen LogP contribution in [0.2, 0.25) is 0 Å². The van der Waals surface area contributed by atoms with Gasteiger partial charge >= 0.3 is 0 Å². The molecule has 0 bridgehead atoms. The molecule has 1 fully saturated rings. The third-order valence-electron chi connectivity index (χ3n) is 3.73. The molecule has 2 aromatic carbocycles. The molecule has 20 heavy (non-hydrogen) atoms. The summed E-state index contributed by atoms with van der Waals surface area (Å²) in [5.41, 5.74) is 9.37. The Bertz CT molecular complexity index is 558. The molecule has 0 spiro atoms. The Morgan fingerprint density at radius 3 is 2.50 bits per heavy atom. The van der Waals surface area contributed by atoms with Crippen LogP contribution < -0.4 is 10.5 Å². The maximum atomic E-state index is 5.77. The van der Waals surface area contributed by atoms with Gasteiger partial charge in [0.1, 0.15) is 5.75 Å². The molecule has 0 aliphatic heterocycles. The van der Waals surface area contributed by atoms with E-state index in [4.69, 9.17) is 10.5 Å². The lowest BCUT2D eigenvalue weighted by Gasteiger charge is -2.08. The number of hydrogen-bond acceptors (Lipinski definition) is 2. The van der Waals surface area contributed by atoms with E-state index in [0.717, 1.165) is 24.7 Å². The number of hydrogen-bond donors (Lipinski definition) is 1. The van der Waals surface area contributed by atoms with Crippen molar-refractivity contribution in [2.24, 2.45) is 11.7 Å². The largest absolute Gasteiger partial charge is 0.493 e. The van der Waals surface area contributed by atoms with Crippen molar-refractivity contribution in [2.75, 3.05) is 13.2 Å². The van der Waals surface area contributed by atoms with Gasteiger partial charge in [-0.25, -0.2) is 0 Å². The van der Waals surface area contributed by atoms with Crippen molar-refractivity contribution >= 4 is 0 Å². The molecule has 0 heterocycles. The Hall–Kier alpha value is -1.80. The predicted octanol–water partition coefficient (Wildman–Crippen LogP) is 3.64. The van der Waals surface area contributed by atoms with E-state index in [9.17, 15) is 0 Å². The van der Waals surface area contributed by atoms with Crippen LogP contribution in [-0.2, 0) is 6.42 Å². The van der Waals surface area contributed by atoms with Crippen molar-refractivity contribution < 1.29 is 4.74 Å². The van der Waals surface area contributed by atoms with Crippen molar-refractivity contribution in [3.05, 3.63) is 54.1 Å². The molecule has 2 heteroatoms. The SMILES string of the molecule is NCCc1cccc(-c2ccc(OCC3CC3)cc2)c1. The van der Waals surface area contributed by atoms with Crippen LogP contribution in [0.5, 0.6) is 5.75 Å². The fourth-order valence-electron chi connectivity index (χ4n) is 2.32. The highest BCUT2D eigenvalue weighted by Crippen LogP contribution is 2.30. The van der Waals surface area contributed by atoms with E-state index >= 15 is 0 Å². The van der Waals surface area contributed by atoms with E-state index in [-0.39, 0.29) is 0 Å². The minimum atomic E-state index is 0.692. The first kappa shape index (κ1) is 13.2. The van der Waals surface area contributed by atoms with Crippen molar-refractivity contribution in [1.82, 2.24) is 0 Å². The first-order valence-electron chi connectivity index (χ1n) is 7.37. The topological polar surface area (TPSA) is 35.2 Å². The summed E-state index contributed by atoms with van der Waals surface area (Å²) in [4.78, 5) is 0. The zero-order valence-electron chi connectivity index (χ0n) is 11.7. The van der Waals surface area contributed by atoms with Crippen LogP contribution in [0.1, 0.15) is 18.4 Å². The molecular formula is C18H21NO. The van der Waals surface area contributed by atoms with Crippen molar-refractivity contribution in [3.63, 3.8) is 0 Å². The van der Waals surface area contributed by atoms with Crippen LogP contribution in [0.3, 0.4) is 0 Å². The summed E-state index contributed by atoms with van der Waals surface area (Å²) in [5.74, 6) is 1.77. The molecule has 2 nitrogen and oxygen atoms in total. The van der Waals surface area contributed by atoms with E-state index in [1.807, 2.05) is 0 Å². The summed E-state index contributed by atoms with van der Waals surface area (Å²) in [6.45, 7) is 1.56. The van der Waals surface area contributed by atoms with Gasteiger partial charge < -0.3 is 10.5 Å². The number of benzene rings is 2. The molecule has 3 rings (SSSR count). The van der Waals surface area contributed by atoms with Gasteiger partial charge in [0.05, 0.1) is 6.61 Å². The highest BCUT2D eigenvalue weighted by Gasteiger charge is 2.21. The standard InChI is InChI=1S/C18H21NO/c19-11-10-14-2-1-3-17(12-14)16-6-8-18(9-7-16)20-13-15-4-5-15/h1-3,6-9,12,15H,4-5,10-11,13,19H2. The number of rotatable bonds is 6. The van der Waals surface area contributed by atoms with Gasteiger partial charge in [0.15, 0.2) is 0 Å². The Labute approximate surface area is 120 Å². The maximum Gasteiger partial charge on any atom is 0.119 e. The summed E-state index contributed by atoms with van der Waals surface area (Å²) in [6.07, 6.45) is 3.58. The van der Waals surface area contributed by atoms with Gasteiger partial charge in [-0.05, 0) is 60.5 Å². The lowest BCUT2D eigenvalue weighted by Crippen LogP contribution is -2.02. The Morgan fingerprint density at radius 2 is 1.80 bits per heavy atom. The average Bonchev–Trinajstić information content (AvgIpc) is 3.31. The molecule has 104 valence electrons. The first-order valence-corrected chi connectivity index (χ1v) is 7.37. The lowest BCUT2D eigenvalue weighted by atomic mass is 10.0. The van der Waals surface area contributed by atoms with Crippen molar-refractivity contribution in [1.29, 1.82) is 0 Å². The Balaban J connectivity index is 1.70. The summed E-state index contributed by atoms with van der Waals surface area (Å²) >= 11 is 0. The molecule has 2 N–H and O–H groups in total. The van der Waals surface area contributed by atoms with E-state index in [0.29, 0.717) is 6.54 Å². The van der Waals surface area contributed by atoms with Crippen molar-refractivity contribution in [2.45, 2.75) is 19.3 Å². The molecule has 1 aliphatic rings. The van der Waals surface area contributed by atoms with E-state index in [2.05, 4.69) is 48.5 Å². The zero-order valence-corrected chi connectivity index (χ0v) is 11.7. The Morgan fingerprint density at radius 1 is 1.00 bits per heavy atom. The Kier molecular flexibility index (Phi) is 4.03. The lowest BCUT2D eigenvalue weighted by molar-refractivity contribution is 0.300. The second-order valence-electron chi connectivity index (χ2n) is 5.52. The molecule has 0 atom stereocenters. The smallest absolute Gasteiger partial charge is 0.119 e. The third kappa shape index (κ3) is 3.40. The van der Waals surface area contributed by atoms with Gasteiger partial charge in [0.25, 0.3) is 0 Å². The van der Waals surface area contributed by atoms with Gasteiger partial charge in [-0.3, -0.25) is 0 Å². The molecule has 1 aliphatic carbocycles. The normalized spacial score (nSPS) is 14.2. The molecular weight excluding hydrogens is 246 g/mol. The van der Waals surface area contributed by atoms with Crippen molar-refractivity contribution in [3.8, 4) is 16.9 Å². The third-order valence-corrected chi connectivity index (χ3v) is 3.73. The molecule has 0 aromatic heterocycles. The number of nitrogens with two attached hydrogens (primary N) is 1. The molecule has 0 radical (unpaired) electrons. The fraction of sp³-hybridized carbons (Fsp3) is 0.333. The second kappa shape index (κ2) is 6.10. The fourth-order valence-corrected chi connectivity index (χ4v) is 2.32. The monoisotopic (exact) mass is 267 g/mol. The predicted molar refractivity (Wildman–Crippen MR) is 82.9 cm³/mol. The van der Waals surface area contributed by atoms with Gasteiger partial charge in [-0.2, -0.15) is 0 Å². The quantitative estimate of drug-likeness (QED) is 0.867. The molecule has 2 aromatic rings. The van der Waals surface area contributed by atoms with Gasteiger partial charge in [0.2, 0.25) is 0 Å². The summed E-state index contributed by atoms with van der Waals surface area (Å²) in [6, 6.07) is 17.0. The number of ether oxygens (including phenoxy) is 1. The summed E-state index contributed by atoms with van der Waals surface area (Å²) < 4.78 is 5.77. The molecule has 0 saturated heterocycles. The van der Waals surface area contributed by atoms with Crippen LogP contribution in [-0.4, -0.2) is 13.2 Å². The first-order chi connectivity index (χ1) is 9.85. The van der Waals surface area contributed by atoms with Gasteiger partial charge in [-0.1, -0.05) is 36.4 Å². The van der Waals surface area contributed by atoms with Crippen LogP contribution in [0.15, 0.2) is 48.5 Å². The van der Waals surface area contributed by atoms with Crippen LogP contribution in [0.25, 0.3) is 11.1 Å². The minimum absolute atomic E-state index is 0.692. The van der Waals surface area contributed by atoms with E-state index in [1.165, 1.54) is 29.5 Å². The highest BCUT2D eigenvalue weighted by atomic mass is 16.5. The van der Waals surface area contributed by atoms with Crippen LogP contribution in [0.4, 0.5) is 0 Å². The van der Waals surface area contributed by atoms with Gasteiger partial charge in [-0.15, -0.1) is 0 Å². The second-order valence-corrected chi connectivity index (χ2v) is 5.52. The summed E-state index contributed by atoms with van der Waals surface area (Å²) in [7, 11) is 0. The van der Waals surface area contributed by atoms with Crippen LogP contribution in [0, 0.1) is 5.92 Å². The minimum Gasteiger partial charge on any atom is -0.493 e. The van der Waals surface area contributed by atoms with E-state index < -0.39 is 0 Å². The van der Waals surface area contributed by atoms with Gasteiger partial charge in [0, 0.05) is 0 Å². The molecule has 1 saturated carbocycles. The molecule has 0 amide bonds. The average molecular weight is 267 g/mol. The molecule has 0 unspecified atom stereocenters. The highest BCUT2D eigenvalue weighted by molar-refractivity contribution is 5.64. The van der Waals surface area contributed by atoms with Crippen LogP contribution >= 0.6 is 0 Å². The maximum absolute atomic E-state index is 5.77. The van der Waals surface area contributed by atoms with E-state index in [1.54, 1.807) is 0 Å². The summed E-state index contributed by atoms with van der Waals surface area (Å²) in [5, 5.41) is 0. The zero-order chi connectivity index (χ0) is 13.8.